The lowest BCUT2D eigenvalue weighted by Crippen LogP contribution is -2.62. The molecular weight excluding hydrogens is 593 g/mol. The molecule has 2 aromatic carbocycles. The number of rotatable bonds is 9. The van der Waals surface area contributed by atoms with Crippen molar-refractivity contribution in [3.05, 3.63) is 69.8 Å². The molecule has 4 rings (SSSR count). The van der Waals surface area contributed by atoms with Crippen molar-refractivity contribution in [3.63, 3.8) is 0 Å². The third-order valence-corrected chi connectivity index (χ3v) is 9.20. The molecule has 3 aromatic rings. The molecule has 0 radical (unpaired) electrons. The highest BCUT2D eigenvalue weighted by molar-refractivity contribution is 7.89. The summed E-state index contributed by atoms with van der Waals surface area (Å²) >= 11 is 12.4. The standard InChI is InChI=1S/C26H25Cl2N7O5S/c1-14(21(30)36)26(3,22(31)37)33-41(39,40)20-13-32-24-34(19-9-17(27)8-18(28)10-19)23(38)25(2,35(20)24)11-15-4-6-16(12-29)7-5-15/h4-10,13-14,33H,11H2,1-3H3,(H2,30,36)(H2,31,37)/t14-,25+,26?/m0/s1. The maximum atomic E-state index is 14.1. The first kappa shape index (κ1) is 30.0. The molecule has 1 aromatic heterocycles. The monoisotopic (exact) mass is 617 g/mol. The molecule has 0 saturated heterocycles. The number of benzene rings is 2. The molecule has 1 aliphatic heterocycles. The number of carbonyl (C=O) groups is 3. The van der Waals surface area contributed by atoms with Crippen LogP contribution in [-0.4, -0.2) is 41.2 Å². The molecule has 12 nitrogen and oxygen atoms in total. The lowest BCUT2D eigenvalue weighted by molar-refractivity contribution is -0.132. The number of carbonyl (C=O) groups excluding carboxylic acids is 3. The van der Waals surface area contributed by atoms with Gasteiger partial charge < -0.3 is 11.5 Å². The van der Waals surface area contributed by atoms with Gasteiger partial charge in [0.2, 0.25) is 17.8 Å². The van der Waals surface area contributed by atoms with Gasteiger partial charge in [0.1, 0.15) is 11.1 Å². The van der Waals surface area contributed by atoms with Crippen molar-refractivity contribution in [2.24, 2.45) is 17.4 Å². The van der Waals surface area contributed by atoms with E-state index in [1.54, 1.807) is 24.3 Å². The number of imidazole rings is 1. The van der Waals surface area contributed by atoms with Gasteiger partial charge in [0.25, 0.3) is 15.9 Å². The largest absolute Gasteiger partial charge is 0.369 e. The van der Waals surface area contributed by atoms with Crippen LogP contribution in [0.2, 0.25) is 10.0 Å². The number of nitrogens with two attached hydrogens (primary N) is 2. The number of nitrogens with zero attached hydrogens (tertiary/aromatic N) is 4. The molecule has 0 bridgehead atoms. The number of anilines is 2. The van der Waals surface area contributed by atoms with Gasteiger partial charge in [-0.25, -0.2) is 18.3 Å². The van der Waals surface area contributed by atoms with Crippen LogP contribution in [0.5, 0.6) is 0 Å². The summed E-state index contributed by atoms with van der Waals surface area (Å²) in [6, 6.07) is 12.9. The van der Waals surface area contributed by atoms with E-state index in [0.717, 1.165) is 13.1 Å². The second-order valence-corrected chi connectivity index (χ2v) is 12.6. The molecule has 1 unspecified atom stereocenters. The van der Waals surface area contributed by atoms with Crippen molar-refractivity contribution >= 4 is 62.6 Å². The van der Waals surface area contributed by atoms with Crippen molar-refractivity contribution in [1.29, 1.82) is 5.26 Å². The Kier molecular flexibility index (Phi) is 7.66. The second kappa shape index (κ2) is 10.5. The zero-order chi connectivity index (χ0) is 30.5. The van der Waals surface area contributed by atoms with Crippen molar-refractivity contribution in [3.8, 4) is 6.07 Å². The molecule has 1 aliphatic rings. The zero-order valence-corrected chi connectivity index (χ0v) is 24.4. The molecule has 0 fully saturated rings. The molecule has 0 saturated carbocycles. The fraction of sp³-hybridized carbons (Fsp3) is 0.269. The van der Waals surface area contributed by atoms with Gasteiger partial charge in [0, 0.05) is 16.5 Å². The summed E-state index contributed by atoms with van der Waals surface area (Å²) in [6.07, 6.45) is 1.01. The lowest BCUT2D eigenvalue weighted by atomic mass is 9.87. The Morgan fingerprint density at radius 1 is 1.17 bits per heavy atom. The van der Waals surface area contributed by atoms with E-state index < -0.39 is 49.8 Å². The number of nitriles is 1. The molecule has 3 atom stereocenters. The number of sulfonamides is 1. The molecule has 41 heavy (non-hydrogen) atoms. The minimum Gasteiger partial charge on any atom is -0.369 e. The minimum atomic E-state index is -4.68. The summed E-state index contributed by atoms with van der Waals surface area (Å²) in [4.78, 5) is 43.9. The predicted octanol–water partition coefficient (Wildman–Crippen LogP) is 2.34. The van der Waals surface area contributed by atoms with E-state index in [1.807, 2.05) is 6.07 Å². The Labute approximate surface area is 245 Å². The van der Waals surface area contributed by atoms with Crippen LogP contribution in [0.15, 0.2) is 53.7 Å². The average molecular weight is 619 g/mol. The molecule has 0 aliphatic carbocycles. The van der Waals surface area contributed by atoms with Crippen LogP contribution in [0, 0.1) is 17.2 Å². The Balaban J connectivity index is 1.92. The molecule has 2 heterocycles. The van der Waals surface area contributed by atoms with Crippen LogP contribution >= 0.6 is 23.2 Å². The highest BCUT2D eigenvalue weighted by atomic mass is 35.5. The van der Waals surface area contributed by atoms with Gasteiger partial charge in [0.15, 0.2) is 5.03 Å². The van der Waals surface area contributed by atoms with Gasteiger partial charge in [-0.2, -0.15) is 9.98 Å². The topological polar surface area (TPSA) is 194 Å². The SMILES string of the molecule is C[C@@H](C(N)=O)C(C)(NS(=O)(=O)c1cnc2n1[C@](C)(Cc1ccc(C#N)cc1)C(=O)N2c1cc(Cl)cc(Cl)c1)C(N)=O. The summed E-state index contributed by atoms with van der Waals surface area (Å²) in [6.45, 7) is 3.94. The summed E-state index contributed by atoms with van der Waals surface area (Å²) in [7, 11) is -4.68. The van der Waals surface area contributed by atoms with Crippen molar-refractivity contribution < 1.29 is 22.8 Å². The van der Waals surface area contributed by atoms with Gasteiger partial charge in [-0.3, -0.25) is 19.0 Å². The molecule has 3 amide bonds. The number of nitrogens with one attached hydrogen (secondary N) is 1. The number of hydrogen-bond donors (Lipinski definition) is 3. The maximum absolute atomic E-state index is 14.1. The highest BCUT2D eigenvalue weighted by Crippen LogP contribution is 2.44. The maximum Gasteiger partial charge on any atom is 0.260 e. The van der Waals surface area contributed by atoms with E-state index in [-0.39, 0.29) is 28.1 Å². The summed E-state index contributed by atoms with van der Waals surface area (Å²) in [5.41, 5.74) is 8.44. The predicted molar refractivity (Wildman–Crippen MR) is 151 cm³/mol. The lowest BCUT2D eigenvalue weighted by Gasteiger charge is -2.32. The normalized spacial score (nSPS) is 18.8. The number of aromatic nitrogens is 2. The molecule has 5 N–H and O–H groups in total. The van der Waals surface area contributed by atoms with Crippen LogP contribution in [0.1, 0.15) is 31.9 Å². The van der Waals surface area contributed by atoms with Crippen LogP contribution < -0.4 is 21.1 Å². The smallest absolute Gasteiger partial charge is 0.260 e. The van der Waals surface area contributed by atoms with E-state index in [1.165, 1.54) is 41.5 Å². The summed E-state index contributed by atoms with van der Waals surface area (Å²) in [5.74, 6) is -4.04. The number of primary amides is 2. The van der Waals surface area contributed by atoms with Crippen molar-refractivity contribution in [1.82, 2.24) is 14.3 Å². The number of fused-ring (bicyclic) bond motifs is 1. The first-order valence-corrected chi connectivity index (χ1v) is 14.3. The average Bonchev–Trinajstić information content (AvgIpc) is 3.41. The Hall–Kier alpha value is -3.96. The molecule has 15 heteroatoms. The Morgan fingerprint density at radius 3 is 2.27 bits per heavy atom. The number of amides is 3. The summed E-state index contributed by atoms with van der Waals surface area (Å²) in [5, 5.41) is 9.15. The third kappa shape index (κ3) is 5.15. The van der Waals surface area contributed by atoms with Gasteiger partial charge in [-0.15, -0.1) is 0 Å². The highest BCUT2D eigenvalue weighted by Gasteiger charge is 2.53. The van der Waals surface area contributed by atoms with Crippen LogP contribution in [0.25, 0.3) is 0 Å². The molecule has 214 valence electrons. The van der Waals surface area contributed by atoms with Crippen LogP contribution in [-0.2, 0) is 36.4 Å². The van der Waals surface area contributed by atoms with Gasteiger partial charge >= 0.3 is 0 Å². The second-order valence-electron chi connectivity index (χ2n) is 10.1. The first-order chi connectivity index (χ1) is 19.0. The van der Waals surface area contributed by atoms with Crippen LogP contribution in [0.4, 0.5) is 11.6 Å². The van der Waals surface area contributed by atoms with E-state index in [4.69, 9.17) is 39.9 Å². The number of halogens is 2. The van der Waals surface area contributed by atoms with Crippen LogP contribution in [0.3, 0.4) is 0 Å². The minimum absolute atomic E-state index is 0.0149. The Morgan fingerprint density at radius 2 is 1.76 bits per heavy atom. The third-order valence-electron chi connectivity index (χ3n) is 7.23. The first-order valence-electron chi connectivity index (χ1n) is 12.1. The fourth-order valence-corrected chi connectivity index (χ4v) is 6.85. The van der Waals surface area contributed by atoms with E-state index >= 15 is 0 Å². The molecular formula is C26H25Cl2N7O5S. The Bertz CT molecular complexity index is 1720. The van der Waals surface area contributed by atoms with Gasteiger partial charge in [-0.05, 0) is 49.7 Å². The van der Waals surface area contributed by atoms with E-state index in [0.29, 0.717) is 11.1 Å². The number of hydrogen-bond acceptors (Lipinski definition) is 7. The summed E-state index contributed by atoms with van der Waals surface area (Å²) < 4.78 is 31.1. The van der Waals surface area contributed by atoms with E-state index in [2.05, 4.69) is 9.71 Å². The quantitative estimate of drug-likeness (QED) is 0.327. The fourth-order valence-electron chi connectivity index (χ4n) is 4.68. The van der Waals surface area contributed by atoms with Gasteiger partial charge in [-0.1, -0.05) is 42.3 Å². The zero-order valence-electron chi connectivity index (χ0n) is 22.1. The van der Waals surface area contributed by atoms with Crippen molar-refractivity contribution in [2.75, 3.05) is 4.90 Å². The molecule has 0 spiro atoms. The van der Waals surface area contributed by atoms with Gasteiger partial charge in [0.05, 0.1) is 29.4 Å². The van der Waals surface area contributed by atoms with E-state index in [9.17, 15) is 22.8 Å². The van der Waals surface area contributed by atoms with Crippen molar-refractivity contribution in [2.45, 2.75) is 43.3 Å².